The molecule has 0 unspecified atom stereocenters. The molecule has 0 spiro atoms. The average Bonchev–Trinajstić information content (AvgIpc) is 2.77. The van der Waals surface area contributed by atoms with E-state index in [0.29, 0.717) is 35.8 Å². The van der Waals surface area contributed by atoms with Gasteiger partial charge < -0.3 is 9.64 Å². The molecule has 0 bridgehead atoms. The third kappa shape index (κ3) is 5.14. The fourth-order valence-corrected chi connectivity index (χ4v) is 3.27. The molecule has 3 rings (SSSR count). The molecule has 3 aromatic rings. The Bertz CT molecular complexity index is 1160. The lowest BCUT2D eigenvalue weighted by Crippen LogP contribution is -2.34. The van der Waals surface area contributed by atoms with Gasteiger partial charge in [0.1, 0.15) is 5.82 Å². The van der Waals surface area contributed by atoms with Crippen molar-refractivity contribution in [2.24, 2.45) is 0 Å². The highest BCUT2D eigenvalue weighted by molar-refractivity contribution is 6.02. The minimum atomic E-state index is -0.781. The molecule has 2 aromatic carbocycles. The van der Waals surface area contributed by atoms with Crippen molar-refractivity contribution in [3.05, 3.63) is 76.0 Å². The fraction of sp³-hybridized carbons (Fsp3) is 0.304. The van der Waals surface area contributed by atoms with Crippen LogP contribution in [0.25, 0.3) is 10.8 Å². The van der Waals surface area contributed by atoms with Gasteiger partial charge in [-0.2, -0.15) is 5.10 Å². The highest BCUT2D eigenvalue weighted by Crippen LogP contribution is 2.15. The zero-order chi connectivity index (χ0) is 22.4. The van der Waals surface area contributed by atoms with Crippen LogP contribution in [0.4, 0.5) is 4.39 Å². The Balaban J connectivity index is 1.76. The number of carbonyl (C=O) groups excluding carboxylic acids is 2. The van der Waals surface area contributed by atoms with E-state index in [4.69, 9.17) is 4.74 Å². The normalized spacial score (nSPS) is 10.8. The number of amides is 1. The van der Waals surface area contributed by atoms with Gasteiger partial charge in [-0.25, -0.2) is 13.9 Å². The number of carbonyl (C=O) groups is 2. The molecule has 31 heavy (non-hydrogen) atoms. The van der Waals surface area contributed by atoms with E-state index in [1.54, 1.807) is 43.3 Å². The number of benzene rings is 2. The Labute approximate surface area is 179 Å². The summed E-state index contributed by atoms with van der Waals surface area (Å²) in [7, 11) is 0. The number of fused-ring (bicyclic) bond motifs is 1. The Hall–Kier alpha value is -3.55. The van der Waals surface area contributed by atoms with E-state index in [0.717, 1.165) is 0 Å². The van der Waals surface area contributed by atoms with E-state index >= 15 is 0 Å². The number of aryl methyl sites for hydroxylation is 1. The maximum atomic E-state index is 13.4. The lowest BCUT2D eigenvalue weighted by atomic mass is 10.1. The monoisotopic (exact) mass is 425 g/mol. The lowest BCUT2D eigenvalue weighted by Gasteiger charge is -2.21. The van der Waals surface area contributed by atoms with Gasteiger partial charge in [-0.1, -0.05) is 37.3 Å². The molecule has 1 aromatic heterocycles. The van der Waals surface area contributed by atoms with Crippen LogP contribution in [0.15, 0.2) is 53.3 Å². The summed E-state index contributed by atoms with van der Waals surface area (Å²) in [5.41, 5.74) is 0.350. The third-order valence-electron chi connectivity index (χ3n) is 4.82. The van der Waals surface area contributed by atoms with E-state index in [2.05, 4.69) is 5.10 Å². The van der Waals surface area contributed by atoms with Crippen LogP contribution in [0.3, 0.4) is 0 Å². The molecular weight excluding hydrogens is 401 g/mol. The Morgan fingerprint density at radius 2 is 1.84 bits per heavy atom. The summed E-state index contributed by atoms with van der Waals surface area (Å²) >= 11 is 0. The van der Waals surface area contributed by atoms with Crippen LogP contribution in [0, 0.1) is 5.82 Å². The standard InChI is InChI=1S/C23H24FN3O4/c1-3-12-27-22(29)19-11-6-5-10-18(19)21(25-27)23(30)31-15-20(28)26(4-2)14-16-8-7-9-17(24)13-16/h5-11,13H,3-4,12,14-15H2,1-2H3. The van der Waals surface area contributed by atoms with Gasteiger partial charge in [0.25, 0.3) is 11.5 Å². The molecule has 0 saturated carbocycles. The second-order valence-electron chi connectivity index (χ2n) is 7.04. The highest BCUT2D eigenvalue weighted by Gasteiger charge is 2.20. The molecule has 0 aliphatic rings. The molecule has 0 aliphatic heterocycles. The van der Waals surface area contributed by atoms with Gasteiger partial charge in [0.05, 0.1) is 5.39 Å². The first-order chi connectivity index (χ1) is 14.9. The number of halogens is 1. The minimum Gasteiger partial charge on any atom is -0.451 e. The predicted octanol–water partition coefficient (Wildman–Crippen LogP) is 3.15. The predicted molar refractivity (Wildman–Crippen MR) is 114 cm³/mol. The molecule has 0 N–H and O–H groups in total. The smallest absolute Gasteiger partial charge is 0.359 e. The van der Waals surface area contributed by atoms with Crippen LogP contribution in [0.5, 0.6) is 0 Å². The zero-order valence-electron chi connectivity index (χ0n) is 17.5. The van der Waals surface area contributed by atoms with E-state index in [9.17, 15) is 18.8 Å². The zero-order valence-corrected chi connectivity index (χ0v) is 17.5. The van der Waals surface area contributed by atoms with Crippen molar-refractivity contribution >= 4 is 22.6 Å². The van der Waals surface area contributed by atoms with Crippen molar-refractivity contribution in [3.8, 4) is 0 Å². The minimum absolute atomic E-state index is 0.00960. The second kappa shape index (κ2) is 9.97. The number of esters is 1. The highest BCUT2D eigenvalue weighted by atomic mass is 19.1. The molecule has 0 saturated heterocycles. The second-order valence-corrected chi connectivity index (χ2v) is 7.04. The van der Waals surface area contributed by atoms with Gasteiger partial charge in [0, 0.05) is 25.0 Å². The van der Waals surface area contributed by atoms with Crippen LogP contribution in [-0.2, 0) is 22.6 Å². The number of nitrogens with zero attached hydrogens (tertiary/aromatic N) is 3. The van der Waals surface area contributed by atoms with Crippen molar-refractivity contribution in [3.63, 3.8) is 0 Å². The molecular formula is C23H24FN3O4. The number of hydrogen-bond donors (Lipinski definition) is 0. The summed E-state index contributed by atoms with van der Waals surface area (Å²) in [5, 5.41) is 4.92. The van der Waals surface area contributed by atoms with E-state index in [-0.39, 0.29) is 23.6 Å². The molecule has 0 fully saturated rings. The van der Waals surface area contributed by atoms with E-state index in [1.807, 2.05) is 6.92 Å². The average molecular weight is 425 g/mol. The first-order valence-electron chi connectivity index (χ1n) is 10.1. The molecule has 7 nitrogen and oxygen atoms in total. The molecule has 0 aliphatic carbocycles. The molecule has 0 radical (unpaired) electrons. The van der Waals surface area contributed by atoms with Crippen molar-refractivity contribution in [2.45, 2.75) is 33.4 Å². The summed E-state index contributed by atoms with van der Waals surface area (Å²) < 4.78 is 19.9. The van der Waals surface area contributed by atoms with Crippen LogP contribution in [-0.4, -0.2) is 39.7 Å². The summed E-state index contributed by atoms with van der Waals surface area (Å²) in [6.07, 6.45) is 0.670. The topological polar surface area (TPSA) is 81.5 Å². The first-order valence-corrected chi connectivity index (χ1v) is 10.1. The number of hydrogen-bond acceptors (Lipinski definition) is 5. The number of likely N-dealkylation sites (N-methyl/N-ethyl adjacent to an activating group) is 1. The molecule has 0 atom stereocenters. The summed E-state index contributed by atoms with van der Waals surface area (Å²) in [5.74, 6) is -1.57. The lowest BCUT2D eigenvalue weighted by molar-refractivity contribution is -0.135. The van der Waals surface area contributed by atoms with Crippen LogP contribution in [0.1, 0.15) is 36.3 Å². The Morgan fingerprint density at radius 1 is 1.10 bits per heavy atom. The maximum Gasteiger partial charge on any atom is 0.359 e. The van der Waals surface area contributed by atoms with Gasteiger partial charge in [-0.15, -0.1) is 0 Å². The van der Waals surface area contributed by atoms with Crippen LogP contribution >= 0.6 is 0 Å². The fourth-order valence-electron chi connectivity index (χ4n) is 3.27. The van der Waals surface area contributed by atoms with Gasteiger partial charge in [0.15, 0.2) is 12.3 Å². The van der Waals surface area contributed by atoms with Gasteiger partial charge in [0.2, 0.25) is 0 Å². The Morgan fingerprint density at radius 3 is 2.52 bits per heavy atom. The molecule has 1 heterocycles. The van der Waals surface area contributed by atoms with Gasteiger partial charge in [-0.05, 0) is 37.1 Å². The van der Waals surface area contributed by atoms with Crippen LogP contribution in [0.2, 0.25) is 0 Å². The molecule has 8 heteroatoms. The first kappa shape index (κ1) is 22.1. The quantitative estimate of drug-likeness (QED) is 0.518. The van der Waals surface area contributed by atoms with Crippen molar-refractivity contribution in [1.29, 1.82) is 0 Å². The van der Waals surface area contributed by atoms with Gasteiger partial charge in [-0.3, -0.25) is 9.59 Å². The van der Waals surface area contributed by atoms with Crippen LogP contribution < -0.4 is 5.56 Å². The summed E-state index contributed by atoms with van der Waals surface area (Å²) in [6, 6.07) is 12.7. The molecule has 1 amide bonds. The number of aromatic nitrogens is 2. The SMILES string of the molecule is CCCn1nc(C(=O)OCC(=O)N(CC)Cc2cccc(F)c2)c2ccccc2c1=O. The third-order valence-corrected chi connectivity index (χ3v) is 4.82. The van der Waals surface area contributed by atoms with E-state index in [1.165, 1.54) is 21.7 Å². The van der Waals surface area contributed by atoms with Gasteiger partial charge >= 0.3 is 5.97 Å². The number of ether oxygens (including phenoxy) is 1. The Kier molecular flexibility index (Phi) is 7.12. The molecule has 162 valence electrons. The summed E-state index contributed by atoms with van der Waals surface area (Å²) in [4.78, 5) is 39.3. The van der Waals surface area contributed by atoms with Crippen molar-refractivity contribution < 1.29 is 18.7 Å². The van der Waals surface area contributed by atoms with Crippen molar-refractivity contribution in [2.75, 3.05) is 13.2 Å². The summed E-state index contributed by atoms with van der Waals surface area (Å²) in [6.45, 7) is 4.14. The van der Waals surface area contributed by atoms with E-state index < -0.39 is 18.5 Å². The number of rotatable bonds is 8. The van der Waals surface area contributed by atoms with Crippen molar-refractivity contribution in [1.82, 2.24) is 14.7 Å². The maximum absolute atomic E-state index is 13.4. The largest absolute Gasteiger partial charge is 0.451 e.